The van der Waals surface area contributed by atoms with E-state index in [9.17, 15) is 9.59 Å². The maximum atomic E-state index is 11.8. The normalized spacial score (nSPS) is 19.1. The smallest absolute Gasteiger partial charge is 0.307 e. The van der Waals surface area contributed by atoms with Crippen molar-refractivity contribution in [2.75, 3.05) is 19.4 Å². The molecule has 18 heavy (non-hydrogen) atoms. The molecule has 0 N–H and O–H groups in total. The zero-order valence-corrected chi connectivity index (χ0v) is 10.9. The van der Waals surface area contributed by atoms with Crippen molar-refractivity contribution in [3.05, 3.63) is 30.1 Å². The van der Waals surface area contributed by atoms with E-state index in [1.807, 2.05) is 18.2 Å². The Kier molecular flexibility index (Phi) is 4.19. The third-order valence-corrected chi connectivity index (χ3v) is 3.92. The quantitative estimate of drug-likeness (QED) is 0.767. The van der Waals surface area contributed by atoms with Crippen LogP contribution in [0.1, 0.15) is 17.5 Å². The summed E-state index contributed by atoms with van der Waals surface area (Å²) in [7, 11) is 1.35. The van der Waals surface area contributed by atoms with Crippen LogP contribution in [0, 0.1) is 0 Å². The van der Waals surface area contributed by atoms with E-state index in [4.69, 9.17) is 0 Å². The molecule has 0 aliphatic carbocycles. The highest BCUT2D eigenvalue weighted by Gasteiger charge is 2.33. The number of carbonyl (C=O) groups is 2. The highest BCUT2D eigenvalue weighted by atomic mass is 32.2. The van der Waals surface area contributed by atoms with E-state index in [1.165, 1.54) is 18.9 Å². The van der Waals surface area contributed by atoms with Crippen molar-refractivity contribution in [1.82, 2.24) is 9.88 Å². The molecule has 1 atom stereocenters. The second-order valence-corrected chi connectivity index (χ2v) is 4.90. The number of hydrogen-bond acceptors (Lipinski definition) is 5. The SMILES string of the molecule is COC(=O)CCN1C(=O)CSC1c1ccccn1. The molecule has 1 aromatic rings. The zero-order chi connectivity index (χ0) is 13.0. The Bertz CT molecular complexity index is 438. The van der Waals surface area contributed by atoms with Gasteiger partial charge in [-0.25, -0.2) is 0 Å². The van der Waals surface area contributed by atoms with Gasteiger partial charge in [0.05, 0.1) is 25.0 Å². The largest absolute Gasteiger partial charge is 0.469 e. The lowest BCUT2D eigenvalue weighted by atomic mass is 10.3. The minimum atomic E-state index is -0.306. The van der Waals surface area contributed by atoms with E-state index in [0.29, 0.717) is 12.3 Å². The fraction of sp³-hybridized carbons (Fsp3) is 0.417. The van der Waals surface area contributed by atoms with Crippen LogP contribution in [0.25, 0.3) is 0 Å². The van der Waals surface area contributed by atoms with Crippen LogP contribution in [0.4, 0.5) is 0 Å². The first-order valence-corrected chi connectivity index (χ1v) is 6.66. The summed E-state index contributed by atoms with van der Waals surface area (Å²) in [6.45, 7) is 0.375. The summed E-state index contributed by atoms with van der Waals surface area (Å²) in [6, 6.07) is 5.62. The van der Waals surface area contributed by atoms with Crippen molar-refractivity contribution in [3.63, 3.8) is 0 Å². The lowest BCUT2D eigenvalue weighted by Gasteiger charge is -2.22. The summed E-state index contributed by atoms with van der Waals surface area (Å²) < 4.78 is 4.59. The van der Waals surface area contributed by atoms with E-state index in [-0.39, 0.29) is 23.7 Å². The Morgan fingerprint density at radius 3 is 3.11 bits per heavy atom. The predicted molar refractivity (Wildman–Crippen MR) is 67.8 cm³/mol. The highest BCUT2D eigenvalue weighted by Crippen LogP contribution is 2.37. The molecule has 2 rings (SSSR count). The van der Waals surface area contributed by atoms with E-state index in [1.54, 1.807) is 11.1 Å². The maximum Gasteiger partial charge on any atom is 0.307 e. The summed E-state index contributed by atoms with van der Waals surface area (Å²) >= 11 is 1.53. The van der Waals surface area contributed by atoms with Crippen molar-refractivity contribution in [1.29, 1.82) is 0 Å². The van der Waals surface area contributed by atoms with Gasteiger partial charge in [-0.3, -0.25) is 14.6 Å². The van der Waals surface area contributed by atoms with E-state index >= 15 is 0 Å². The summed E-state index contributed by atoms with van der Waals surface area (Å²) in [4.78, 5) is 28.9. The zero-order valence-electron chi connectivity index (χ0n) is 10.0. The van der Waals surface area contributed by atoms with E-state index in [2.05, 4.69) is 9.72 Å². The second kappa shape index (κ2) is 5.86. The number of pyridine rings is 1. The molecular formula is C12H14N2O3S. The number of hydrogen-bond donors (Lipinski definition) is 0. The van der Waals surface area contributed by atoms with Crippen molar-refractivity contribution in [3.8, 4) is 0 Å². The average Bonchev–Trinajstić information content (AvgIpc) is 2.78. The molecule has 1 unspecified atom stereocenters. The van der Waals surface area contributed by atoms with Gasteiger partial charge in [0, 0.05) is 12.7 Å². The lowest BCUT2D eigenvalue weighted by molar-refractivity contribution is -0.141. The highest BCUT2D eigenvalue weighted by molar-refractivity contribution is 8.00. The number of nitrogens with zero attached hydrogens (tertiary/aromatic N) is 2. The summed E-state index contributed by atoms with van der Waals surface area (Å²) in [5.74, 6) is 0.168. The van der Waals surface area contributed by atoms with Gasteiger partial charge in [-0.15, -0.1) is 11.8 Å². The molecule has 0 radical (unpaired) electrons. The molecular weight excluding hydrogens is 252 g/mol. The van der Waals surface area contributed by atoms with Crippen LogP contribution in [-0.2, 0) is 14.3 Å². The van der Waals surface area contributed by atoms with Gasteiger partial charge in [0.25, 0.3) is 0 Å². The first kappa shape index (κ1) is 12.9. The van der Waals surface area contributed by atoms with Crippen molar-refractivity contribution < 1.29 is 14.3 Å². The Morgan fingerprint density at radius 2 is 2.44 bits per heavy atom. The number of rotatable bonds is 4. The van der Waals surface area contributed by atoms with Gasteiger partial charge in [0.1, 0.15) is 5.37 Å². The predicted octanol–water partition coefficient (Wildman–Crippen LogP) is 1.22. The van der Waals surface area contributed by atoms with Crippen LogP contribution in [0.2, 0.25) is 0 Å². The van der Waals surface area contributed by atoms with Gasteiger partial charge in [-0.1, -0.05) is 6.07 Å². The van der Waals surface area contributed by atoms with Crippen LogP contribution in [0.3, 0.4) is 0 Å². The van der Waals surface area contributed by atoms with Gasteiger partial charge < -0.3 is 9.64 Å². The summed E-state index contributed by atoms with van der Waals surface area (Å²) in [5.41, 5.74) is 0.846. The Hall–Kier alpha value is -1.56. The minimum absolute atomic E-state index is 0.0413. The fourth-order valence-electron chi connectivity index (χ4n) is 1.78. The molecule has 6 heteroatoms. The first-order chi connectivity index (χ1) is 8.72. The van der Waals surface area contributed by atoms with Crippen molar-refractivity contribution in [2.24, 2.45) is 0 Å². The van der Waals surface area contributed by atoms with Gasteiger partial charge in [-0.05, 0) is 12.1 Å². The Labute approximate surface area is 110 Å². The molecule has 5 nitrogen and oxygen atoms in total. The average molecular weight is 266 g/mol. The van der Waals surface area contributed by atoms with E-state index < -0.39 is 0 Å². The number of ether oxygens (including phenoxy) is 1. The Balaban J connectivity index is 2.06. The van der Waals surface area contributed by atoms with E-state index in [0.717, 1.165) is 5.69 Å². The third-order valence-electron chi connectivity index (χ3n) is 2.69. The maximum absolute atomic E-state index is 11.8. The molecule has 0 saturated carbocycles. The van der Waals surface area contributed by atoms with Crippen molar-refractivity contribution >= 4 is 23.6 Å². The first-order valence-electron chi connectivity index (χ1n) is 5.61. The molecule has 0 aromatic carbocycles. The van der Waals surface area contributed by atoms with Crippen molar-refractivity contribution in [2.45, 2.75) is 11.8 Å². The van der Waals surface area contributed by atoms with Gasteiger partial charge in [0.2, 0.25) is 5.91 Å². The number of esters is 1. The summed E-state index contributed by atoms with van der Waals surface area (Å²) in [6.07, 6.45) is 1.92. The molecule has 1 aromatic heterocycles. The van der Waals surface area contributed by atoms with Crippen LogP contribution in [0.15, 0.2) is 24.4 Å². The van der Waals surface area contributed by atoms with Gasteiger partial charge in [0.15, 0.2) is 0 Å². The number of thioether (sulfide) groups is 1. The number of carbonyl (C=O) groups excluding carboxylic acids is 2. The van der Waals surface area contributed by atoms with Crippen LogP contribution in [-0.4, -0.2) is 41.2 Å². The molecule has 1 aliphatic heterocycles. The van der Waals surface area contributed by atoms with Crippen LogP contribution >= 0.6 is 11.8 Å². The fourth-order valence-corrected chi connectivity index (χ4v) is 2.96. The standard InChI is InChI=1S/C12H14N2O3S/c1-17-11(16)5-7-14-10(15)8-18-12(14)9-4-2-3-6-13-9/h2-4,6,12H,5,7-8H2,1H3. The number of methoxy groups -OCH3 is 1. The van der Waals surface area contributed by atoms with Gasteiger partial charge in [-0.2, -0.15) is 0 Å². The minimum Gasteiger partial charge on any atom is -0.469 e. The lowest BCUT2D eigenvalue weighted by Crippen LogP contribution is -2.31. The molecule has 96 valence electrons. The monoisotopic (exact) mass is 266 g/mol. The molecule has 1 aliphatic rings. The van der Waals surface area contributed by atoms with Gasteiger partial charge >= 0.3 is 5.97 Å². The third kappa shape index (κ3) is 2.81. The van der Waals surface area contributed by atoms with Crippen LogP contribution in [0.5, 0.6) is 0 Å². The molecule has 0 spiro atoms. The Morgan fingerprint density at radius 1 is 1.61 bits per heavy atom. The summed E-state index contributed by atoms with van der Waals surface area (Å²) in [5, 5.41) is -0.0941. The number of aromatic nitrogens is 1. The molecule has 1 saturated heterocycles. The number of amides is 1. The molecule has 0 bridgehead atoms. The molecule has 2 heterocycles. The van der Waals surface area contributed by atoms with Crippen LogP contribution < -0.4 is 0 Å². The molecule has 1 fully saturated rings. The second-order valence-electron chi connectivity index (χ2n) is 3.83. The topological polar surface area (TPSA) is 59.5 Å². The molecule has 1 amide bonds.